The fourth-order valence-electron chi connectivity index (χ4n) is 3.99. The Morgan fingerprint density at radius 3 is 2.62 bits per heavy atom. The molecule has 4 rings (SSSR count). The molecule has 34 heavy (non-hydrogen) atoms. The van der Waals surface area contributed by atoms with Gasteiger partial charge in [0, 0.05) is 62.6 Å². The summed E-state index contributed by atoms with van der Waals surface area (Å²) in [5, 5.41) is 0.645. The van der Waals surface area contributed by atoms with E-state index in [2.05, 4.69) is 69.9 Å². The second kappa shape index (κ2) is 12.2. The first-order chi connectivity index (χ1) is 16.6. The summed E-state index contributed by atoms with van der Waals surface area (Å²) in [5.41, 5.74) is 7.51. The number of allylic oxidation sites excluding steroid dienone is 3. The minimum atomic E-state index is 0.645. The number of anilines is 2. The second-order valence-corrected chi connectivity index (χ2v) is 9.51. The Morgan fingerprint density at radius 1 is 1.06 bits per heavy atom. The predicted molar refractivity (Wildman–Crippen MR) is 143 cm³/mol. The van der Waals surface area contributed by atoms with Crippen LogP contribution >= 0.6 is 23.8 Å². The van der Waals surface area contributed by atoms with Crippen molar-refractivity contribution in [1.82, 2.24) is 10.4 Å². The van der Waals surface area contributed by atoms with Gasteiger partial charge in [-0.25, -0.2) is 0 Å². The van der Waals surface area contributed by atoms with Crippen LogP contribution in [0.3, 0.4) is 0 Å². The number of halogens is 1. The van der Waals surface area contributed by atoms with E-state index in [1.807, 2.05) is 23.5 Å². The number of nitrogens with zero attached hydrogens (tertiary/aromatic N) is 3. The van der Waals surface area contributed by atoms with Gasteiger partial charge in [-0.15, -0.1) is 0 Å². The van der Waals surface area contributed by atoms with Gasteiger partial charge >= 0.3 is 0 Å². The van der Waals surface area contributed by atoms with Gasteiger partial charge in [-0.1, -0.05) is 48.0 Å². The molecule has 1 aliphatic carbocycles. The predicted octanol–water partition coefficient (Wildman–Crippen LogP) is 5.46. The molecule has 2 aliphatic rings. The number of methoxy groups -OCH3 is 1. The fourth-order valence-corrected chi connectivity index (χ4v) is 4.63. The number of para-hydroxylation sites is 1. The van der Waals surface area contributed by atoms with E-state index in [4.69, 9.17) is 20.6 Å². The zero-order valence-electron chi connectivity index (χ0n) is 19.6. The zero-order valence-corrected chi connectivity index (χ0v) is 21.2. The Balaban J connectivity index is 1.24. The molecule has 6 nitrogen and oxygen atoms in total. The molecule has 8 heteroatoms. The lowest BCUT2D eigenvalue weighted by atomic mass is 10.2. The van der Waals surface area contributed by atoms with Gasteiger partial charge in [0.1, 0.15) is 18.0 Å². The van der Waals surface area contributed by atoms with Gasteiger partial charge < -0.3 is 9.64 Å². The van der Waals surface area contributed by atoms with Crippen LogP contribution in [0.25, 0.3) is 0 Å². The largest absolute Gasteiger partial charge is 0.495 e. The Morgan fingerprint density at radius 2 is 1.85 bits per heavy atom. The van der Waals surface area contributed by atoms with Crippen LogP contribution in [-0.4, -0.2) is 51.8 Å². The number of rotatable bonds is 9. The normalized spacial score (nSPS) is 16.5. The van der Waals surface area contributed by atoms with E-state index in [1.165, 1.54) is 23.5 Å². The molecule has 0 amide bonds. The molecule has 1 saturated heterocycles. The molecule has 0 unspecified atom stereocenters. The molecule has 2 aromatic rings. The highest BCUT2D eigenvalue weighted by atomic mass is 35.5. The van der Waals surface area contributed by atoms with Crippen molar-refractivity contribution in [1.29, 1.82) is 0 Å². The average Bonchev–Trinajstić information content (AvgIpc) is 3.10. The number of ether oxygens (including phenoxy) is 1. The Bertz CT molecular complexity index is 1040. The van der Waals surface area contributed by atoms with Gasteiger partial charge in [0.25, 0.3) is 0 Å². The van der Waals surface area contributed by atoms with E-state index in [0.29, 0.717) is 5.02 Å². The van der Waals surface area contributed by atoms with Gasteiger partial charge in [0.05, 0.1) is 12.8 Å². The lowest BCUT2D eigenvalue weighted by Gasteiger charge is -2.36. The molecular weight excluding hydrogens is 468 g/mol. The van der Waals surface area contributed by atoms with Gasteiger partial charge in [0.2, 0.25) is 0 Å². The molecule has 1 N–H and O–H groups in total. The second-order valence-electron chi connectivity index (χ2n) is 8.21. The first-order valence-corrected chi connectivity index (χ1v) is 12.5. The molecule has 2 aromatic carbocycles. The lowest BCUT2D eigenvalue weighted by molar-refractivity contribution is 0.274. The SMILES string of the molecule is COc1ccc(Cl)cc1N(C)SONC1=CC=C(CN2CCN(c3ccccc3)CC2)C=CC1. The zero-order chi connectivity index (χ0) is 23.8. The van der Waals surface area contributed by atoms with Crippen LogP contribution in [0.5, 0.6) is 5.75 Å². The molecule has 1 aliphatic heterocycles. The molecule has 0 radical (unpaired) electrons. The van der Waals surface area contributed by atoms with Crippen molar-refractivity contribution >= 4 is 35.2 Å². The minimum Gasteiger partial charge on any atom is -0.495 e. The van der Waals surface area contributed by atoms with Crippen molar-refractivity contribution in [2.75, 3.05) is 56.1 Å². The molecule has 0 aromatic heterocycles. The third-order valence-corrected chi connectivity index (χ3v) is 6.68. The highest BCUT2D eigenvalue weighted by molar-refractivity contribution is 7.96. The highest BCUT2D eigenvalue weighted by Crippen LogP contribution is 2.33. The van der Waals surface area contributed by atoms with Gasteiger partial charge in [-0.3, -0.25) is 14.7 Å². The van der Waals surface area contributed by atoms with Crippen molar-refractivity contribution in [3.63, 3.8) is 0 Å². The van der Waals surface area contributed by atoms with Crippen LogP contribution < -0.4 is 19.4 Å². The summed E-state index contributed by atoms with van der Waals surface area (Å²) in [6.07, 6.45) is 9.44. The molecule has 0 spiro atoms. The molecule has 0 bridgehead atoms. The van der Waals surface area contributed by atoms with Crippen LogP contribution in [0.2, 0.25) is 5.02 Å². The van der Waals surface area contributed by atoms with Crippen molar-refractivity contribution < 1.29 is 9.02 Å². The maximum Gasteiger partial charge on any atom is 0.143 e. The van der Waals surface area contributed by atoms with Crippen molar-refractivity contribution in [3.8, 4) is 5.75 Å². The van der Waals surface area contributed by atoms with Crippen LogP contribution in [0.15, 0.2) is 84.1 Å². The Labute approximate surface area is 211 Å². The number of benzene rings is 2. The van der Waals surface area contributed by atoms with E-state index in [9.17, 15) is 0 Å². The van der Waals surface area contributed by atoms with Crippen LogP contribution in [0, 0.1) is 0 Å². The van der Waals surface area contributed by atoms with Crippen LogP contribution in [-0.2, 0) is 4.28 Å². The van der Waals surface area contributed by atoms with Gasteiger partial charge in [-0.05, 0) is 42.0 Å². The molecular formula is C26H31ClN4O2S. The standard InChI is InChI=1S/C26H31ClN4O2S/c1-29(25-19-22(27)12-14-26(25)32-2)34-33-28-23-8-6-7-21(11-13-23)20-30-15-17-31(18-16-30)24-9-4-3-5-10-24/h3-7,9-14,19,28H,8,15-18,20H2,1-2H3. The first kappa shape index (κ1) is 24.5. The Hall–Kier alpha value is -2.58. The van der Waals surface area contributed by atoms with Crippen LogP contribution in [0.1, 0.15) is 6.42 Å². The van der Waals surface area contributed by atoms with E-state index in [1.54, 1.807) is 13.2 Å². The van der Waals surface area contributed by atoms with E-state index < -0.39 is 0 Å². The van der Waals surface area contributed by atoms with Crippen molar-refractivity contribution in [3.05, 3.63) is 89.1 Å². The van der Waals surface area contributed by atoms with E-state index in [-0.39, 0.29) is 0 Å². The number of hydrogen-bond acceptors (Lipinski definition) is 7. The maximum absolute atomic E-state index is 6.13. The van der Waals surface area contributed by atoms with Crippen molar-refractivity contribution in [2.45, 2.75) is 6.42 Å². The monoisotopic (exact) mass is 498 g/mol. The molecule has 180 valence electrons. The van der Waals surface area contributed by atoms with Gasteiger partial charge in [0.15, 0.2) is 0 Å². The summed E-state index contributed by atoms with van der Waals surface area (Å²) in [6, 6.07) is 16.2. The summed E-state index contributed by atoms with van der Waals surface area (Å²) in [7, 11) is 3.54. The van der Waals surface area contributed by atoms with E-state index in [0.717, 1.165) is 56.3 Å². The summed E-state index contributed by atoms with van der Waals surface area (Å²) in [5.74, 6) is 0.733. The lowest BCUT2D eigenvalue weighted by Crippen LogP contribution is -2.46. The number of nitrogens with one attached hydrogen (secondary N) is 1. The summed E-state index contributed by atoms with van der Waals surface area (Å²) in [6.45, 7) is 5.19. The minimum absolute atomic E-state index is 0.645. The maximum atomic E-state index is 6.13. The quantitative estimate of drug-likeness (QED) is 0.279. The van der Waals surface area contributed by atoms with Crippen LogP contribution in [0.4, 0.5) is 11.4 Å². The average molecular weight is 499 g/mol. The smallest absolute Gasteiger partial charge is 0.143 e. The number of hydrogen-bond donors (Lipinski definition) is 1. The molecule has 1 fully saturated rings. The molecule has 0 saturated carbocycles. The van der Waals surface area contributed by atoms with E-state index >= 15 is 0 Å². The fraction of sp³-hybridized carbons (Fsp3) is 0.308. The molecule has 0 atom stereocenters. The topological polar surface area (TPSA) is 40.2 Å². The number of hydroxylamine groups is 1. The third-order valence-electron chi connectivity index (χ3n) is 5.87. The van der Waals surface area contributed by atoms with Crippen molar-refractivity contribution in [2.24, 2.45) is 0 Å². The Kier molecular flexibility index (Phi) is 8.82. The third kappa shape index (κ3) is 6.73. The summed E-state index contributed by atoms with van der Waals surface area (Å²) >= 11 is 7.31. The number of piperazine rings is 1. The summed E-state index contributed by atoms with van der Waals surface area (Å²) < 4.78 is 12.9. The highest BCUT2D eigenvalue weighted by Gasteiger charge is 2.17. The molecule has 1 heterocycles. The van der Waals surface area contributed by atoms with Gasteiger partial charge in [-0.2, -0.15) is 4.28 Å². The first-order valence-electron chi connectivity index (χ1n) is 11.4. The summed E-state index contributed by atoms with van der Waals surface area (Å²) in [4.78, 5) is 4.97.